The summed E-state index contributed by atoms with van der Waals surface area (Å²) < 4.78 is 10.2. The summed E-state index contributed by atoms with van der Waals surface area (Å²) in [6.45, 7) is 0.472. The van der Waals surface area contributed by atoms with Crippen molar-refractivity contribution >= 4 is 11.7 Å². The highest BCUT2D eigenvalue weighted by molar-refractivity contribution is 5.96. The molecule has 2 rings (SSSR count). The summed E-state index contributed by atoms with van der Waals surface area (Å²) in [4.78, 5) is 11.8. The second-order valence-corrected chi connectivity index (χ2v) is 4.29. The van der Waals surface area contributed by atoms with Crippen LogP contribution in [0.5, 0.6) is 5.75 Å². The molecular formula is C13H17NO3. The molecule has 0 amide bonds. The van der Waals surface area contributed by atoms with Gasteiger partial charge in [0, 0.05) is 0 Å². The third-order valence-electron chi connectivity index (χ3n) is 2.96. The molecule has 17 heavy (non-hydrogen) atoms. The van der Waals surface area contributed by atoms with E-state index in [1.807, 2.05) is 0 Å². The lowest BCUT2D eigenvalue weighted by Crippen LogP contribution is -2.10. The van der Waals surface area contributed by atoms with E-state index in [1.165, 1.54) is 20.0 Å². The number of benzene rings is 1. The van der Waals surface area contributed by atoms with Gasteiger partial charge < -0.3 is 15.2 Å². The number of esters is 1. The second kappa shape index (κ2) is 5.08. The highest BCUT2D eigenvalue weighted by Crippen LogP contribution is 2.32. The standard InChI is InChI=1S/C13H17NO3/c1-16-11-4-2-3-10(12(11)14)13(15)17-8-7-9-5-6-9/h2-4,9H,5-8,14H2,1H3. The number of para-hydroxylation sites is 1. The maximum absolute atomic E-state index is 11.8. The number of carbonyl (C=O) groups excluding carboxylic acids is 1. The minimum atomic E-state index is -0.373. The highest BCUT2D eigenvalue weighted by Gasteiger charge is 2.22. The van der Waals surface area contributed by atoms with Crippen molar-refractivity contribution in [2.24, 2.45) is 5.92 Å². The maximum Gasteiger partial charge on any atom is 0.340 e. The van der Waals surface area contributed by atoms with E-state index in [1.54, 1.807) is 18.2 Å². The fourth-order valence-corrected chi connectivity index (χ4v) is 1.70. The molecule has 1 saturated carbocycles. The van der Waals surface area contributed by atoms with Gasteiger partial charge in [0.1, 0.15) is 5.75 Å². The van der Waals surface area contributed by atoms with Crippen molar-refractivity contribution in [3.63, 3.8) is 0 Å². The maximum atomic E-state index is 11.8. The molecule has 0 spiro atoms. The molecule has 4 nitrogen and oxygen atoms in total. The number of methoxy groups -OCH3 is 1. The van der Waals surface area contributed by atoms with Gasteiger partial charge in [-0.25, -0.2) is 4.79 Å². The Morgan fingerprint density at radius 3 is 2.88 bits per heavy atom. The average molecular weight is 235 g/mol. The second-order valence-electron chi connectivity index (χ2n) is 4.29. The molecule has 0 saturated heterocycles. The van der Waals surface area contributed by atoms with Crippen LogP contribution in [-0.2, 0) is 4.74 Å². The molecule has 1 aromatic carbocycles. The third-order valence-corrected chi connectivity index (χ3v) is 2.96. The zero-order chi connectivity index (χ0) is 12.3. The number of anilines is 1. The number of carbonyl (C=O) groups is 1. The van der Waals surface area contributed by atoms with Gasteiger partial charge in [-0.2, -0.15) is 0 Å². The van der Waals surface area contributed by atoms with Crippen LogP contribution in [0.15, 0.2) is 18.2 Å². The van der Waals surface area contributed by atoms with Crippen LogP contribution in [0.4, 0.5) is 5.69 Å². The molecule has 0 atom stereocenters. The summed E-state index contributed by atoms with van der Waals surface area (Å²) >= 11 is 0. The molecule has 0 aliphatic heterocycles. The molecule has 1 aromatic rings. The summed E-state index contributed by atoms with van der Waals surface area (Å²) in [6.07, 6.45) is 3.48. The number of hydrogen-bond donors (Lipinski definition) is 1. The van der Waals surface area contributed by atoms with E-state index in [9.17, 15) is 4.79 Å². The van der Waals surface area contributed by atoms with Crippen LogP contribution in [-0.4, -0.2) is 19.7 Å². The van der Waals surface area contributed by atoms with Gasteiger partial charge in [0.2, 0.25) is 0 Å². The fraction of sp³-hybridized carbons (Fsp3) is 0.462. The number of nitrogen functional groups attached to an aromatic ring is 1. The van der Waals surface area contributed by atoms with Crippen molar-refractivity contribution in [2.45, 2.75) is 19.3 Å². The Morgan fingerprint density at radius 1 is 1.47 bits per heavy atom. The quantitative estimate of drug-likeness (QED) is 0.628. The average Bonchev–Trinajstić information content (AvgIpc) is 3.13. The van der Waals surface area contributed by atoms with Crippen molar-refractivity contribution < 1.29 is 14.3 Å². The van der Waals surface area contributed by atoms with Crippen LogP contribution >= 0.6 is 0 Å². The summed E-state index contributed by atoms with van der Waals surface area (Å²) in [6, 6.07) is 5.10. The topological polar surface area (TPSA) is 61.5 Å². The van der Waals surface area contributed by atoms with E-state index in [-0.39, 0.29) is 5.97 Å². The number of rotatable bonds is 5. The predicted octanol–water partition coefficient (Wildman–Crippen LogP) is 2.23. The van der Waals surface area contributed by atoms with Crippen molar-refractivity contribution in [1.29, 1.82) is 0 Å². The molecule has 92 valence electrons. The SMILES string of the molecule is COc1cccc(C(=O)OCCC2CC2)c1N. The van der Waals surface area contributed by atoms with E-state index in [0.29, 0.717) is 23.6 Å². The molecule has 1 aliphatic rings. The molecule has 0 radical (unpaired) electrons. The zero-order valence-electron chi connectivity index (χ0n) is 9.94. The Balaban J connectivity index is 1.97. The van der Waals surface area contributed by atoms with Gasteiger partial charge in [0.05, 0.1) is 25.0 Å². The zero-order valence-corrected chi connectivity index (χ0v) is 9.94. The van der Waals surface area contributed by atoms with E-state index < -0.39 is 0 Å². The van der Waals surface area contributed by atoms with Crippen LogP contribution in [0.2, 0.25) is 0 Å². The summed E-state index contributed by atoms with van der Waals surface area (Å²) in [7, 11) is 1.52. The predicted molar refractivity (Wildman–Crippen MR) is 65.0 cm³/mol. The van der Waals surface area contributed by atoms with Crippen LogP contribution in [0.25, 0.3) is 0 Å². The molecule has 0 aromatic heterocycles. The third kappa shape index (κ3) is 2.90. The van der Waals surface area contributed by atoms with Gasteiger partial charge in [-0.3, -0.25) is 0 Å². The summed E-state index contributed by atoms with van der Waals surface area (Å²) in [5.74, 6) is 0.883. The Kier molecular flexibility index (Phi) is 3.52. The summed E-state index contributed by atoms with van der Waals surface area (Å²) in [5, 5.41) is 0. The normalized spacial score (nSPS) is 14.4. The van der Waals surface area contributed by atoms with E-state index in [0.717, 1.165) is 12.3 Å². The van der Waals surface area contributed by atoms with Crippen molar-refractivity contribution in [2.75, 3.05) is 19.5 Å². The van der Waals surface area contributed by atoms with Crippen LogP contribution in [0, 0.1) is 5.92 Å². The van der Waals surface area contributed by atoms with Gasteiger partial charge in [0.15, 0.2) is 0 Å². The smallest absolute Gasteiger partial charge is 0.340 e. The molecule has 1 fully saturated rings. The van der Waals surface area contributed by atoms with Crippen molar-refractivity contribution in [3.05, 3.63) is 23.8 Å². The number of ether oxygens (including phenoxy) is 2. The minimum absolute atomic E-state index is 0.339. The monoisotopic (exact) mass is 235 g/mol. The first-order valence-corrected chi connectivity index (χ1v) is 5.82. The van der Waals surface area contributed by atoms with Gasteiger partial charge in [0.25, 0.3) is 0 Å². The number of hydrogen-bond acceptors (Lipinski definition) is 4. The van der Waals surface area contributed by atoms with Crippen LogP contribution < -0.4 is 10.5 Å². The molecule has 4 heteroatoms. The van der Waals surface area contributed by atoms with Gasteiger partial charge in [-0.15, -0.1) is 0 Å². The lowest BCUT2D eigenvalue weighted by Gasteiger charge is -2.09. The minimum Gasteiger partial charge on any atom is -0.495 e. The molecule has 0 heterocycles. The highest BCUT2D eigenvalue weighted by atomic mass is 16.5. The van der Waals surface area contributed by atoms with E-state index in [2.05, 4.69) is 0 Å². The van der Waals surface area contributed by atoms with Crippen LogP contribution in [0.3, 0.4) is 0 Å². The summed E-state index contributed by atoms with van der Waals surface area (Å²) in [5.41, 5.74) is 6.53. The first-order valence-electron chi connectivity index (χ1n) is 5.82. The molecule has 0 bridgehead atoms. The Labute approximate surface area is 101 Å². The largest absolute Gasteiger partial charge is 0.495 e. The fourth-order valence-electron chi connectivity index (χ4n) is 1.70. The first kappa shape index (κ1) is 11.8. The van der Waals surface area contributed by atoms with Gasteiger partial charge >= 0.3 is 5.97 Å². The van der Waals surface area contributed by atoms with Crippen molar-refractivity contribution in [1.82, 2.24) is 0 Å². The number of nitrogens with two attached hydrogens (primary N) is 1. The molecule has 0 unspecified atom stereocenters. The van der Waals surface area contributed by atoms with Crippen molar-refractivity contribution in [3.8, 4) is 5.75 Å². The Morgan fingerprint density at radius 2 is 2.24 bits per heavy atom. The van der Waals surface area contributed by atoms with E-state index in [4.69, 9.17) is 15.2 Å². The Hall–Kier alpha value is -1.71. The Bertz CT molecular complexity index is 413. The van der Waals surface area contributed by atoms with E-state index >= 15 is 0 Å². The molecular weight excluding hydrogens is 218 g/mol. The van der Waals surface area contributed by atoms with Gasteiger partial charge in [-0.05, 0) is 24.5 Å². The van der Waals surface area contributed by atoms with Crippen LogP contribution in [0.1, 0.15) is 29.6 Å². The van der Waals surface area contributed by atoms with Gasteiger partial charge in [-0.1, -0.05) is 18.9 Å². The molecule has 1 aliphatic carbocycles. The first-order chi connectivity index (χ1) is 8.22. The lowest BCUT2D eigenvalue weighted by molar-refractivity contribution is 0.0496. The molecule has 2 N–H and O–H groups in total. The lowest BCUT2D eigenvalue weighted by atomic mass is 10.1.